The molecule has 2 aromatic rings. The Bertz CT molecular complexity index is 852. The van der Waals surface area contributed by atoms with Crippen LogP contribution >= 0.6 is 12.2 Å². The molecule has 0 unspecified atom stereocenters. The molecule has 122 valence electrons. The van der Waals surface area contributed by atoms with E-state index in [9.17, 15) is 9.59 Å². The average Bonchev–Trinajstić information content (AvgIpc) is 2.97. The number of rotatable bonds is 3. The van der Waals surface area contributed by atoms with Crippen LogP contribution in [0, 0.1) is 0 Å². The van der Waals surface area contributed by atoms with E-state index in [1.165, 1.54) is 4.90 Å². The molecular weight excluding hydrogens is 326 g/mol. The first-order valence-electron chi connectivity index (χ1n) is 7.18. The van der Waals surface area contributed by atoms with Crippen molar-refractivity contribution < 1.29 is 14.3 Å². The van der Waals surface area contributed by atoms with Gasteiger partial charge in [0.05, 0.1) is 12.8 Å². The first kappa shape index (κ1) is 15.9. The standard InChI is InChI=1S/C17H15N3O3S/c1-19-9-3-4-12(19)10-14-15(21)18-17(24)20(16(14)22)11-5-7-13(23-2)8-6-11/h3-10H,1-2H3,(H,18,21,24)/b14-10+. The molecule has 1 aromatic heterocycles. The Morgan fingerprint density at radius 1 is 1.17 bits per heavy atom. The van der Waals surface area contributed by atoms with E-state index in [1.807, 2.05) is 29.9 Å². The number of anilines is 1. The second-order valence-corrected chi connectivity index (χ2v) is 5.59. The molecule has 6 nitrogen and oxygen atoms in total. The van der Waals surface area contributed by atoms with Crippen LogP contribution in [0.4, 0.5) is 5.69 Å². The van der Waals surface area contributed by atoms with Crippen LogP contribution in [-0.4, -0.2) is 28.6 Å². The lowest BCUT2D eigenvalue weighted by molar-refractivity contribution is -0.122. The molecule has 0 bridgehead atoms. The summed E-state index contributed by atoms with van der Waals surface area (Å²) in [5.41, 5.74) is 1.33. The number of benzene rings is 1. The molecule has 2 heterocycles. The maximum atomic E-state index is 12.8. The maximum Gasteiger partial charge on any atom is 0.270 e. The lowest BCUT2D eigenvalue weighted by Crippen LogP contribution is -2.54. The highest BCUT2D eigenvalue weighted by Crippen LogP contribution is 2.24. The number of carbonyl (C=O) groups excluding carboxylic acids is 2. The van der Waals surface area contributed by atoms with Gasteiger partial charge in [0.25, 0.3) is 11.8 Å². The molecule has 1 aliphatic heterocycles. The van der Waals surface area contributed by atoms with Gasteiger partial charge in [-0.3, -0.25) is 19.8 Å². The van der Waals surface area contributed by atoms with E-state index >= 15 is 0 Å². The summed E-state index contributed by atoms with van der Waals surface area (Å²) in [4.78, 5) is 26.3. The molecule has 0 saturated carbocycles. The highest BCUT2D eigenvalue weighted by molar-refractivity contribution is 7.80. The van der Waals surface area contributed by atoms with Gasteiger partial charge < -0.3 is 9.30 Å². The zero-order valence-corrected chi connectivity index (χ0v) is 14.0. The van der Waals surface area contributed by atoms with Crippen molar-refractivity contribution in [1.82, 2.24) is 9.88 Å². The third-order valence-electron chi connectivity index (χ3n) is 3.71. The number of methoxy groups -OCH3 is 1. The van der Waals surface area contributed by atoms with Crippen LogP contribution in [0.5, 0.6) is 5.75 Å². The minimum Gasteiger partial charge on any atom is -0.497 e. The Morgan fingerprint density at radius 3 is 2.46 bits per heavy atom. The molecule has 2 amide bonds. The first-order chi connectivity index (χ1) is 11.5. The zero-order valence-electron chi connectivity index (χ0n) is 13.1. The summed E-state index contributed by atoms with van der Waals surface area (Å²) >= 11 is 5.16. The minimum absolute atomic E-state index is 0.0289. The number of aromatic nitrogens is 1. The van der Waals surface area contributed by atoms with Gasteiger partial charge in [0, 0.05) is 18.9 Å². The highest BCUT2D eigenvalue weighted by Gasteiger charge is 2.34. The van der Waals surface area contributed by atoms with E-state index in [1.54, 1.807) is 37.5 Å². The van der Waals surface area contributed by atoms with Crippen LogP contribution < -0.4 is 15.0 Å². The van der Waals surface area contributed by atoms with Crippen molar-refractivity contribution in [2.75, 3.05) is 12.0 Å². The normalized spacial score (nSPS) is 16.5. The van der Waals surface area contributed by atoms with E-state index in [0.29, 0.717) is 11.4 Å². The van der Waals surface area contributed by atoms with Crippen molar-refractivity contribution in [3.05, 3.63) is 53.9 Å². The predicted molar refractivity (Wildman–Crippen MR) is 94.6 cm³/mol. The minimum atomic E-state index is -0.504. The highest BCUT2D eigenvalue weighted by atomic mass is 32.1. The molecule has 1 N–H and O–H groups in total. The van der Waals surface area contributed by atoms with Gasteiger partial charge in [0.2, 0.25) is 0 Å². The maximum absolute atomic E-state index is 12.8. The number of thiocarbonyl (C=S) groups is 1. The molecule has 0 aliphatic carbocycles. The summed E-state index contributed by atoms with van der Waals surface area (Å²) in [5, 5.41) is 2.61. The lowest BCUT2D eigenvalue weighted by atomic mass is 10.1. The third-order valence-corrected chi connectivity index (χ3v) is 3.99. The summed E-state index contributed by atoms with van der Waals surface area (Å²) in [6.45, 7) is 0. The smallest absolute Gasteiger partial charge is 0.270 e. The number of nitrogens with one attached hydrogen (secondary N) is 1. The fourth-order valence-electron chi connectivity index (χ4n) is 2.40. The predicted octanol–water partition coefficient (Wildman–Crippen LogP) is 1.86. The Kier molecular flexibility index (Phi) is 4.18. The van der Waals surface area contributed by atoms with Gasteiger partial charge in [-0.05, 0) is 54.7 Å². The van der Waals surface area contributed by atoms with E-state index in [2.05, 4.69) is 5.32 Å². The number of amides is 2. The van der Waals surface area contributed by atoms with Crippen molar-refractivity contribution in [2.24, 2.45) is 7.05 Å². The van der Waals surface area contributed by atoms with E-state index in [0.717, 1.165) is 5.69 Å². The Morgan fingerprint density at radius 2 is 1.88 bits per heavy atom. The summed E-state index contributed by atoms with van der Waals surface area (Å²) < 4.78 is 6.93. The molecule has 3 rings (SSSR count). The van der Waals surface area contributed by atoms with E-state index < -0.39 is 11.8 Å². The van der Waals surface area contributed by atoms with Crippen molar-refractivity contribution >= 4 is 40.9 Å². The molecule has 0 atom stereocenters. The molecule has 0 spiro atoms. The second-order valence-electron chi connectivity index (χ2n) is 5.20. The van der Waals surface area contributed by atoms with Gasteiger partial charge in [-0.15, -0.1) is 0 Å². The van der Waals surface area contributed by atoms with Crippen LogP contribution in [0.1, 0.15) is 5.69 Å². The quantitative estimate of drug-likeness (QED) is 0.526. The topological polar surface area (TPSA) is 63.6 Å². The third kappa shape index (κ3) is 2.81. The second kappa shape index (κ2) is 6.29. The average molecular weight is 341 g/mol. The van der Waals surface area contributed by atoms with Crippen LogP contribution in [0.3, 0.4) is 0 Å². The number of hydrogen-bond acceptors (Lipinski definition) is 4. The van der Waals surface area contributed by atoms with Gasteiger partial charge in [-0.25, -0.2) is 0 Å². The van der Waals surface area contributed by atoms with Gasteiger partial charge >= 0.3 is 0 Å². The molecule has 24 heavy (non-hydrogen) atoms. The van der Waals surface area contributed by atoms with Crippen molar-refractivity contribution in [3.63, 3.8) is 0 Å². The summed E-state index contributed by atoms with van der Waals surface area (Å²) in [6.07, 6.45) is 3.39. The van der Waals surface area contributed by atoms with Gasteiger partial charge in [-0.2, -0.15) is 0 Å². The summed E-state index contributed by atoms with van der Waals surface area (Å²) in [6, 6.07) is 10.5. The Labute approximate surface area is 144 Å². The number of carbonyl (C=O) groups is 2. The molecule has 1 saturated heterocycles. The summed E-state index contributed by atoms with van der Waals surface area (Å²) in [5.74, 6) is -0.302. The van der Waals surface area contributed by atoms with Crippen LogP contribution in [0.2, 0.25) is 0 Å². The summed E-state index contributed by atoms with van der Waals surface area (Å²) in [7, 11) is 3.40. The van der Waals surface area contributed by atoms with Crippen molar-refractivity contribution in [1.29, 1.82) is 0 Å². The van der Waals surface area contributed by atoms with Crippen molar-refractivity contribution in [3.8, 4) is 5.75 Å². The molecule has 7 heteroatoms. The number of ether oxygens (including phenoxy) is 1. The largest absolute Gasteiger partial charge is 0.497 e. The number of hydrogen-bond donors (Lipinski definition) is 1. The zero-order chi connectivity index (χ0) is 17.3. The van der Waals surface area contributed by atoms with E-state index in [4.69, 9.17) is 17.0 Å². The Hall–Kier alpha value is -2.93. The molecule has 0 radical (unpaired) electrons. The SMILES string of the molecule is COc1ccc(N2C(=O)/C(=C/c3cccn3C)C(=O)NC2=S)cc1. The van der Waals surface area contributed by atoms with Gasteiger partial charge in [-0.1, -0.05) is 0 Å². The lowest BCUT2D eigenvalue weighted by Gasteiger charge is -2.29. The molecule has 1 aromatic carbocycles. The van der Waals surface area contributed by atoms with Crippen LogP contribution in [0.15, 0.2) is 48.2 Å². The fourth-order valence-corrected chi connectivity index (χ4v) is 2.68. The monoisotopic (exact) mass is 341 g/mol. The van der Waals surface area contributed by atoms with Gasteiger partial charge in [0.15, 0.2) is 5.11 Å². The Balaban J connectivity index is 1.99. The number of aryl methyl sites for hydroxylation is 1. The fraction of sp³-hybridized carbons (Fsp3) is 0.118. The van der Waals surface area contributed by atoms with Crippen LogP contribution in [0.25, 0.3) is 6.08 Å². The number of nitrogens with zero attached hydrogens (tertiary/aromatic N) is 2. The van der Waals surface area contributed by atoms with Crippen LogP contribution in [-0.2, 0) is 16.6 Å². The molecule has 1 aliphatic rings. The van der Waals surface area contributed by atoms with Crippen molar-refractivity contribution in [2.45, 2.75) is 0 Å². The van der Waals surface area contributed by atoms with E-state index in [-0.39, 0.29) is 10.7 Å². The van der Waals surface area contributed by atoms with Gasteiger partial charge in [0.1, 0.15) is 11.3 Å². The first-order valence-corrected chi connectivity index (χ1v) is 7.59. The molecular formula is C17H15N3O3S. The molecule has 1 fully saturated rings.